The number of halogens is 3. The van der Waals surface area contributed by atoms with E-state index in [2.05, 4.69) is 15.1 Å². The maximum Gasteiger partial charge on any atom is 0.263 e. The highest BCUT2D eigenvalue weighted by Crippen LogP contribution is 2.33. The minimum Gasteiger partial charge on any atom is -0.370 e. The maximum atomic E-state index is 15.0. The molecule has 5 rings (SSSR count). The van der Waals surface area contributed by atoms with Gasteiger partial charge in [-0.15, -0.1) is 0 Å². The van der Waals surface area contributed by atoms with Crippen LogP contribution in [0.2, 0.25) is 5.02 Å². The molecule has 11 heteroatoms. The zero-order valence-electron chi connectivity index (χ0n) is 18.7. The monoisotopic (exact) mass is 486 g/mol. The van der Waals surface area contributed by atoms with Crippen LogP contribution < -0.4 is 10.5 Å². The summed E-state index contributed by atoms with van der Waals surface area (Å²) >= 11 is 5.76. The smallest absolute Gasteiger partial charge is 0.263 e. The van der Waals surface area contributed by atoms with Crippen LogP contribution in [0.3, 0.4) is 0 Å². The second-order valence-corrected chi connectivity index (χ2v) is 8.65. The minimum atomic E-state index is -0.807. The molecule has 4 heterocycles. The van der Waals surface area contributed by atoms with E-state index < -0.39 is 17.2 Å². The highest BCUT2D eigenvalue weighted by atomic mass is 35.5. The molecule has 1 aliphatic heterocycles. The number of hydrogen-bond acceptors (Lipinski definition) is 6. The topological polar surface area (TPSA) is 78.1 Å². The first-order chi connectivity index (χ1) is 16.2. The first-order valence-electron chi connectivity index (χ1n) is 10.6. The first-order valence-corrected chi connectivity index (χ1v) is 11.0. The fraction of sp³-hybridized carbons (Fsp3) is 0.304. The van der Waals surface area contributed by atoms with E-state index in [1.807, 2.05) is 18.1 Å². The molecule has 1 atom stereocenters. The molecule has 0 radical (unpaired) electrons. The Morgan fingerprint density at radius 2 is 1.94 bits per heavy atom. The van der Waals surface area contributed by atoms with Crippen molar-refractivity contribution in [2.75, 3.05) is 24.6 Å². The molecule has 1 aromatic carbocycles. The predicted molar refractivity (Wildman–Crippen MR) is 124 cm³/mol. The Kier molecular flexibility index (Phi) is 5.57. The van der Waals surface area contributed by atoms with Crippen molar-refractivity contribution in [1.82, 2.24) is 24.3 Å². The molecule has 0 spiro atoms. The summed E-state index contributed by atoms with van der Waals surface area (Å²) in [6.07, 6.45) is 3.38. The molecule has 0 aliphatic carbocycles. The fourth-order valence-electron chi connectivity index (χ4n) is 4.11. The molecular weight excluding hydrogens is 466 g/mol. The normalized spacial score (nSPS) is 16.4. The van der Waals surface area contributed by atoms with E-state index in [9.17, 15) is 13.6 Å². The highest BCUT2D eigenvalue weighted by molar-refractivity contribution is 6.30. The number of hydrogen-bond donors (Lipinski definition) is 0. The van der Waals surface area contributed by atoms with Crippen molar-refractivity contribution in [3.05, 3.63) is 69.0 Å². The quantitative estimate of drug-likeness (QED) is 0.412. The zero-order chi connectivity index (χ0) is 24.1. The van der Waals surface area contributed by atoms with Crippen LogP contribution in [0.4, 0.5) is 14.6 Å². The predicted octanol–water partition coefficient (Wildman–Crippen LogP) is 3.55. The SMILES string of the molecule is Cc1nc2cc(N3CCO[C@@H](c4cnn(C)c4)C3)nc(-c3cc(F)c(Cl)cc3F)c2c(=O)n1C. The lowest BCUT2D eigenvalue weighted by Crippen LogP contribution is -2.39. The Bertz CT molecular complexity index is 1480. The van der Waals surface area contributed by atoms with E-state index in [1.54, 1.807) is 30.9 Å². The lowest BCUT2D eigenvalue weighted by Gasteiger charge is -2.33. The molecule has 0 saturated carbocycles. The summed E-state index contributed by atoms with van der Waals surface area (Å²) in [5, 5.41) is 3.96. The third kappa shape index (κ3) is 3.82. The number of ether oxygens (including phenoxy) is 1. The van der Waals surface area contributed by atoms with Crippen molar-refractivity contribution >= 4 is 28.3 Å². The Balaban J connectivity index is 1.69. The molecule has 4 aromatic rings. The van der Waals surface area contributed by atoms with Gasteiger partial charge in [0.15, 0.2) is 0 Å². The molecule has 0 unspecified atom stereocenters. The molecule has 176 valence electrons. The Hall–Kier alpha value is -3.37. The van der Waals surface area contributed by atoms with E-state index in [0.717, 1.165) is 17.7 Å². The van der Waals surface area contributed by atoms with Crippen LogP contribution in [0.5, 0.6) is 0 Å². The lowest BCUT2D eigenvalue weighted by molar-refractivity contribution is 0.0395. The van der Waals surface area contributed by atoms with E-state index >= 15 is 0 Å². The summed E-state index contributed by atoms with van der Waals surface area (Å²) in [6, 6.07) is 3.54. The summed E-state index contributed by atoms with van der Waals surface area (Å²) in [5.74, 6) is -0.623. The Morgan fingerprint density at radius 1 is 1.15 bits per heavy atom. The highest BCUT2D eigenvalue weighted by Gasteiger charge is 2.26. The number of anilines is 1. The zero-order valence-corrected chi connectivity index (χ0v) is 19.5. The summed E-state index contributed by atoms with van der Waals surface area (Å²) in [4.78, 5) is 24.3. The second-order valence-electron chi connectivity index (χ2n) is 8.25. The van der Waals surface area contributed by atoms with Gasteiger partial charge in [-0.25, -0.2) is 18.7 Å². The van der Waals surface area contributed by atoms with Crippen LogP contribution in [0, 0.1) is 18.6 Å². The average Bonchev–Trinajstić information content (AvgIpc) is 3.25. The fourth-order valence-corrected chi connectivity index (χ4v) is 4.26. The van der Waals surface area contributed by atoms with E-state index in [-0.39, 0.29) is 27.8 Å². The van der Waals surface area contributed by atoms with E-state index in [4.69, 9.17) is 16.3 Å². The van der Waals surface area contributed by atoms with Gasteiger partial charge in [-0.1, -0.05) is 11.6 Å². The number of pyridine rings is 1. The van der Waals surface area contributed by atoms with Crippen LogP contribution in [-0.4, -0.2) is 44.0 Å². The second kappa shape index (κ2) is 8.44. The number of benzene rings is 1. The van der Waals surface area contributed by atoms with Gasteiger partial charge < -0.3 is 9.64 Å². The van der Waals surface area contributed by atoms with Crippen LogP contribution in [0.15, 0.2) is 35.4 Å². The van der Waals surface area contributed by atoms with Crippen molar-refractivity contribution in [3.8, 4) is 11.3 Å². The van der Waals surface area contributed by atoms with Crippen molar-refractivity contribution in [1.29, 1.82) is 0 Å². The molecule has 0 amide bonds. The number of morpholine rings is 1. The van der Waals surface area contributed by atoms with Gasteiger partial charge in [-0.2, -0.15) is 5.10 Å². The third-order valence-corrected chi connectivity index (χ3v) is 6.31. The van der Waals surface area contributed by atoms with Gasteiger partial charge in [0.1, 0.15) is 29.4 Å². The molecular formula is C23H21ClF2N6O2. The van der Waals surface area contributed by atoms with Gasteiger partial charge in [0.2, 0.25) is 0 Å². The largest absolute Gasteiger partial charge is 0.370 e. The molecule has 8 nitrogen and oxygen atoms in total. The molecule has 0 N–H and O–H groups in total. The van der Waals surface area contributed by atoms with E-state index in [1.165, 1.54) is 4.57 Å². The van der Waals surface area contributed by atoms with Crippen LogP contribution in [-0.2, 0) is 18.8 Å². The number of rotatable bonds is 3. The number of nitrogens with zero attached hydrogens (tertiary/aromatic N) is 6. The Labute approximate surface area is 198 Å². The van der Waals surface area contributed by atoms with Gasteiger partial charge in [0, 0.05) is 50.6 Å². The molecule has 0 bridgehead atoms. The summed E-state index contributed by atoms with van der Waals surface area (Å²) < 4.78 is 38.2. The molecule has 1 fully saturated rings. The molecule has 1 aliphatic rings. The Morgan fingerprint density at radius 3 is 2.68 bits per heavy atom. The standard InChI is InChI=1S/C23H21ClF2N6O2/c1-12-28-18-8-20(32-4-5-34-19(11-32)13-9-27-30(2)10-13)29-22(21(18)23(33)31(12)3)14-6-17(26)15(24)7-16(14)25/h6-10,19H,4-5,11H2,1-3H3/t19-/m1/s1. The lowest BCUT2D eigenvalue weighted by atomic mass is 10.1. The average molecular weight is 487 g/mol. The van der Waals surface area contributed by atoms with Gasteiger partial charge in [0.05, 0.1) is 34.4 Å². The number of fused-ring (bicyclic) bond motifs is 1. The van der Waals surface area contributed by atoms with E-state index in [0.29, 0.717) is 36.9 Å². The summed E-state index contributed by atoms with van der Waals surface area (Å²) in [7, 11) is 3.40. The van der Waals surface area contributed by atoms with Crippen molar-refractivity contribution in [2.45, 2.75) is 13.0 Å². The minimum absolute atomic E-state index is 0.0121. The number of aromatic nitrogens is 5. The summed E-state index contributed by atoms with van der Waals surface area (Å²) in [6.45, 7) is 3.12. The first kappa shape index (κ1) is 22.4. The van der Waals surface area contributed by atoms with Crippen molar-refractivity contribution < 1.29 is 13.5 Å². The van der Waals surface area contributed by atoms with Crippen molar-refractivity contribution in [3.63, 3.8) is 0 Å². The molecule has 34 heavy (non-hydrogen) atoms. The van der Waals surface area contributed by atoms with Gasteiger partial charge >= 0.3 is 0 Å². The van der Waals surface area contributed by atoms with Crippen molar-refractivity contribution in [2.24, 2.45) is 14.1 Å². The third-order valence-electron chi connectivity index (χ3n) is 6.02. The van der Waals surface area contributed by atoms with Gasteiger partial charge in [0.25, 0.3) is 5.56 Å². The van der Waals surface area contributed by atoms with Gasteiger partial charge in [-0.05, 0) is 19.1 Å². The van der Waals surface area contributed by atoms with Gasteiger partial charge in [-0.3, -0.25) is 14.0 Å². The molecule has 1 saturated heterocycles. The van der Waals surface area contributed by atoms with Crippen LogP contribution in [0.25, 0.3) is 22.2 Å². The number of aryl methyl sites for hydroxylation is 2. The van der Waals surface area contributed by atoms with Crippen LogP contribution in [0.1, 0.15) is 17.5 Å². The maximum absolute atomic E-state index is 15.0. The van der Waals surface area contributed by atoms with Crippen LogP contribution >= 0.6 is 11.6 Å². The molecule has 3 aromatic heterocycles. The summed E-state index contributed by atoms with van der Waals surface area (Å²) in [5.41, 5.74) is 0.717.